The molecule has 0 unspecified atom stereocenters. The van der Waals surface area contributed by atoms with Gasteiger partial charge < -0.3 is 14.6 Å². The van der Waals surface area contributed by atoms with Gasteiger partial charge in [0.25, 0.3) is 0 Å². The molecule has 1 aliphatic rings. The van der Waals surface area contributed by atoms with Crippen molar-refractivity contribution in [2.75, 3.05) is 6.61 Å². The molecule has 1 aromatic carbocycles. The number of rotatable bonds is 2. The Labute approximate surface area is 119 Å². The molecule has 0 spiro atoms. The molecule has 4 nitrogen and oxygen atoms in total. The van der Waals surface area contributed by atoms with E-state index < -0.39 is 5.60 Å². The van der Waals surface area contributed by atoms with Crippen LogP contribution in [0.2, 0.25) is 0 Å². The van der Waals surface area contributed by atoms with E-state index in [-0.39, 0.29) is 5.97 Å². The van der Waals surface area contributed by atoms with Crippen LogP contribution in [0.15, 0.2) is 0 Å². The van der Waals surface area contributed by atoms with Crippen molar-refractivity contribution in [3.8, 4) is 11.5 Å². The van der Waals surface area contributed by atoms with Crippen molar-refractivity contribution in [1.82, 2.24) is 0 Å². The highest BCUT2D eigenvalue weighted by atomic mass is 16.6. The van der Waals surface area contributed by atoms with Crippen LogP contribution in [0.25, 0.3) is 0 Å². The molecule has 2 rings (SSSR count). The van der Waals surface area contributed by atoms with Crippen molar-refractivity contribution in [1.29, 1.82) is 0 Å². The van der Waals surface area contributed by atoms with Crippen LogP contribution in [0.4, 0.5) is 0 Å². The highest BCUT2D eigenvalue weighted by Gasteiger charge is 2.42. The van der Waals surface area contributed by atoms with Crippen molar-refractivity contribution in [3.05, 3.63) is 22.3 Å². The minimum Gasteiger partial charge on any atom is -0.507 e. The Morgan fingerprint density at radius 1 is 1.30 bits per heavy atom. The zero-order valence-electron chi connectivity index (χ0n) is 12.8. The average Bonchev–Trinajstić information content (AvgIpc) is 2.43. The van der Waals surface area contributed by atoms with E-state index >= 15 is 0 Å². The Morgan fingerprint density at radius 2 is 1.95 bits per heavy atom. The normalized spacial score (nSPS) is 21.1. The van der Waals surface area contributed by atoms with E-state index in [1.54, 1.807) is 13.8 Å². The van der Waals surface area contributed by atoms with Gasteiger partial charge in [-0.15, -0.1) is 0 Å². The maximum absolute atomic E-state index is 12.1. The van der Waals surface area contributed by atoms with E-state index in [2.05, 4.69) is 0 Å². The molecule has 0 aromatic heterocycles. The molecule has 0 fully saturated rings. The quantitative estimate of drug-likeness (QED) is 0.845. The number of esters is 1. The highest BCUT2D eigenvalue weighted by Crippen LogP contribution is 2.43. The SMILES string of the molecule is CCOC(=O)[C@@]1(C)CCc2c(C)c(O)c(C)c(C)c2O1. The minimum absolute atomic E-state index is 0.324. The second kappa shape index (κ2) is 5.00. The van der Waals surface area contributed by atoms with Gasteiger partial charge in [-0.25, -0.2) is 4.79 Å². The van der Waals surface area contributed by atoms with Gasteiger partial charge in [-0.2, -0.15) is 0 Å². The lowest BCUT2D eigenvalue weighted by Gasteiger charge is -2.35. The second-order valence-electron chi connectivity index (χ2n) is 5.58. The van der Waals surface area contributed by atoms with E-state index in [1.807, 2.05) is 20.8 Å². The van der Waals surface area contributed by atoms with Crippen LogP contribution >= 0.6 is 0 Å². The van der Waals surface area contributed by atoms with Gasteiger partial charge in [-0.05, 0) is 57.7 Å². The lowest BCUT2D eigenvalue weighted by molar-refractivity contribution is -0.161. The van der Waals surface area contributed by atoms with E-state index in [0.29, 0.717) is 25.2 Å². The van der Waals surface area contributed by atoms with E-state index in [4.69, 9.17) is 9.47 Å². The Morgan fingerprint density at radius 3 is 2.55 bits per heavy atom. The standard InChI is InChI=1S/C16H22O4/c1-6-19-15(18)16(5)8-7-12-11(4)13(17)9(2)10(3)14(12)20-16/h17H,6-8H2,1-5H3/t16-/m1/s1. The summed E-state index contributed by atoms with van der Waals surface area (Å²) < 4.78 is 11.1. The molecule has 1 N–H and O–H groups in total. The van der Waals surface area contributed by atoms with Gasteiger partial charge in [0.15, 0.2) is 0 Å². The summed E-state index contributed by atoms with van der Waals surface area (Å²) in [7, 11) is 0. The summed E-state index contributed by atoms with van der Waals surface area (Å²) in [5.41, 5.74) is 2.58. The van der Waals surface area contributed by atoms with Gasteiger partial charge >= 0.3 is 5.97 Å². The van der Waals surface area contributed by atoms with E-state index in [0.717, 1.165) is 28.0 Å². The molecule has 0 aliphatic carbocycles. The summed E-state index contributed by atoms with van der Waals surface area (Å²) in [6.45, 7) is 9.55. The van der Waals surface area contributed by atoms with Crippen LogP contribution in [-0.2, 0) is 16.0 Å². The molecule has 0 saturated heterocycles. The largest absolute Gasteiger partial charge is 0.507 e. The van der Waals surface area contributed by atoms with Gasteiger partial charge in [-0.3, -0.25) is 0 Å². The fourth-order valence-corrected chi connectivity index (χ4v) is 2.68. The number of phenolic OH excluding ortho intramolecular Hbond substituents is 1. The number of carbonyl (C=O) groups is 1. The van der Waals surface area contributed by atoms with Crippen LogP contribution in [-0.4, -0.2) is 23.3 Å². The van der Waals surface area contributed by atoms with E-state index in [1.165, 1.54) is 0 Å². The van der Waals surface area contributed by atoms with Gasteiger partial charge in [0.1, 0.15) is 11.5 Å². The van der Waals surface area contributed by atoms with Crippen LogP contribution in [0.1, 0.15) is 42.5 Å². The zero-order chi connectivity index (χ0) is 15.1. The Hall–Kier alpha value is -1.71. The summed E-state index contributed by atoms with van der Waals surface area (Å²) in [4.78, 5) is 12.1. The molecule has 0 bridgehead atoms. The van der Waals surface area contributed by atoms with Crippen molar-refractivity contribution >= 4 is 5.97 Å². The number of hydrogen-bond acceptors (Lipinski definition) is 4. The van der Waals surface area contributed by atoms with Gasteiger partial charge in [0.2, 0.25) is 5.60 Å². The lowest BCUT2D eigenvalue weighted by Crippen LogP contribution is -2.46. The van der Waals surface area contributed by atoms with Crippen LogP contribution in [0, 0.1) is 20.8 Å². The van der Waals surface area contributed by atoms with E-state index in [9.17, 15) is 9.90 Å². The molecule has 0 saturated carbocycles. The van der Waals surface area contributed by atoms with Crippen molar-refractivity contribution in [2.45, 2.75) is 53.1 Å². The first-order valence-corrected chi connectivity index (χ1v) is 6.99. The summed E-state index contributed by atoms with van der Waals surface area (Å²) >= 11 is 0. The lowest BCUT2D eigenvalue weighted by atomic mass is 9.87. The maximum atomic E-state index is 12.1. The third-order valence-corrected chi connectivity index (χ3v) is 4.23. The molecule has 0 radical (unpaired) electrons. The fraction of sp³-hybridized carbons (Fsp3) is 0.562. The first-order chi connectivity index (χ1) is 9.31. The highest BCUT2D eigenvalue weighted by molar-refractivity contribution is 5.80. The first-order valence-electron chi connectivity index (χ1n) is 6.99. The minimum atomic E-state index is -0.941. The number of fused-ring (bicyclic) bond motifs is 1. The maximum Gasteiger partial charge on any atom is 0.350 e. The number of hydrogen-bond donors (Lipinski definition) is 1. The number of aromatic hydroxyl groups is 1. The summed E-state index contributed by atoms with van der Waals surface area (Å²) in [6.07, 6.45) is 1.26. The van der Waals surface area contributed by atoms with Crippen LogP contribution in [0.5, 0.6) is 11.5 Å². The summed E-state index contributed by atoms with van der Waals surface area (Å²) in [5, 5.41) is 10.1. The summed E-state index contributed by atoms with van der Waals surface area (Å²) in [5.74, 6) is 0.720. The first kappa shape index (κ1) is 14.7. The fourth-order valence-electron chi connectivity index (χ4n) is 2.68. The number of ether oxygens (including phenoxy) is 2. The Bertz CT molecular complexity index is 562. The topological polar surface area (TPSA) is 55.8 Å². The molecular weight excluding hydrogens is 256 g/mol. The average molecular weight is 278 g/mol. The third kappa shape index (κ3) is 2.13. The van der Waals surface area contributed by atoms with Gasteiger partial charge in [-0.1, -0.05) is 0 Å². The van der Waals surface area contributed by atoms with Crippen molar-refractivity contribution in [3.63, 3.8) is 0 Å². The monoisotopic (exact) mass is 278 g/mol. The van der Waals surface area contributed by atoms with Crippen LogP contribution < -0.4 is 4.74 Å². The second-order valence-corrected chi connectivity index (χ2v) is 5.58. The predicted octanol–water partition coefficient (Wildman–Crippen LogP) is 2.96. The van der Waals surface area contributed by atoms with Crippen molar-refractivity contribution < 1.29 is 19.4 Å². The number of benzene rings is 1. The smallest absolute Gasteiger partial charge is 0.350 e. The molecule has 1 aliphatic heterocycles. The third-order valence-electron chi connectivity index (χ3n) is 4.23. The molecule has 1 aromatic rings. The van der Waals surface area contributed by atoms with Gasteiger partial charge in [0, 0.05) is 12.0 Å². The predicted molar refractivity (Wildman–Crippen MR) is 76.3 cm³/mol. The molecule has 1 atom stereocenters. The Balaban J connectivity index is 2.47. The van der Waals surface area contributed by atoms with Crippen LogP contribution in [0.3, 0.4) is 0 Å². The Kier molecular flexibility index (Phi) is 3.67. The molecule has 0 amide bonds. The molecule has 20 heavy (non-hydrogen) atoms. The molecule has 110 valence electrons. The summed E-state index contributed by atoms with van der Waals surface area (Å²) in [6, 6.07) is 0. The number of phenols is 1. The molecule has 4 heteroatoms. The molecular formula is C16H22O4. The van der Waals surface area contributed by atoms with Gasteiger partial charge in [0.05, 0.1) is 6.61 Å². The molecule has 1 heterocycles. The van der Waals surface area contributed by atoms with Crippen molar-refractivity contribution in [2.24, 2.45) is 0 Å². The number of carbonyl (C=O) groups excluding carboxylic acids is 1. The zero-order valence-corrected chi connectivity index (χ0v) is 12.8.